The fourth-order valence-electron chi connectivity index (χ4n) is 3.24. The number of carboxylic acids is 2. The zero-order valence-corrected chi connectivity index (χ0v) is 17.7. The molecule has 0 fully saturated rings. The monoisotopic (exact) mass is 466 g/mol. The molecular weight excluding hydrogens is 448 g/mol. The van der Waals surface area contributed by atoms with E-state index in [1.54, 1.807) is 12.1 Å². The second-order valence-electron chi connectivity index (χ2n) is 6.85. The minimum absolute atomic E-state index is 0.0332. The first-order chi connectivity index (χ1) is 14.5. The van der Waals surface area contributed by atoms with Gasteiger partial charge in [0, 0.05) is 37.9 Å². The molecule has 0 amide bonds. The largest absolute Gasteiger partial charge is 0.550 e. The third-order valence-corrected chi connectivity index (χ3v) is 7.60. The van der Waals surface area contributed by atoms with E-state index >= 15 is 0 Å². The van der Waals surface area contributed by atoms with Gasteiger partial charge in [-0.05, 0) is 52.9 Å². The molecule has 2 aromatic rings. The first-order valence-electron chi connectivity index (χ1n) is 9.15. The van der Waals surface area contributed by atoms with E-state index in [4.69, 9.17) is 0 Å². The van der Waals surface area contributed by atoms with Gasteiger partial charge in [-0.1, -0.05) is 12.1 Å². The Hall–Kier alpha value is -2.80. The van der Waals surface area contributed by atoms with E-state index in [2.05, 4.69) is 9.44 Å². The summed E-state index contributed by atoms with van der Waals surface area (Å²) in [6.45, 7) is -0.595. The number of sulfonamides is 2. The quantitative estimate of drug-likeness (QED) is 0.348. The Morgan fingerprint density at radius 1 is 0.742 bits per heavy atom. The molecule has 12 heteroatoms. The molecule has 0 bridgehead atoms. The average Bonchev–Trinajstić information content (AvgIpc) is 3.04. The molecule has 10 nitrogen and oxygen atoms in total. The molecule has 0 radical (unpaired) electrons. The van der Waals surface area contributed by atoms with Crippen molar-refractivity contribution in [1.82, 2.24) is 9.44 Å². The van der Waals surface area contributed by atoms with Crippen LogP contribution in [0.2, 0.25) is 0 Å². The molecule has 0 atom stereocenters. The molecule has 166 valence electrons. The van der Waals surface area contributed by atoms with Gasteiger partial charge >= 0.3 is 0 Å². The lowest BCUT2D eigenvalue weighted by atomic mass is 10.1. The van der Waals surface area contributed by atoms with Crippen LogP contribution in [0, 0.1) is 0 Å². The summed E-state index contributed by atoms with van der Waals surface area (Å²) in [5, 5.41) is 20.9. The van der Waals surface area contributed by atoms with Gasteiger partial charge in [0.1, 0.15) is 0 Å². The van der Waals surface area contributed by atoms with Crippen molar-refractivity contribution in [2.45, 2.75) is 29.1 Å². The standard InChI is InChI=1S/C19H20N2O8S2/c22-18(23)5-7-20-30(26,27)14-1-3-16-12(10-14)9-13-11-15(2-4-17(13)16)31(28,29)21-8-6-19(24)25/h1-4,10-11,20-21H,5-9H2,(H,22,23)(H,24,25)/p-2. The highest BCUT2D eigenvalue weighted by Gasteiger charge is 2.24. The molecule has 0 saturated carbocycles. The van der Waals surface area contributed by atoms with Gasteiger partial charge in [0.2, 0.25) is 20.0 Å². The number of benzene rings is 2. The predicted octanol–water partition coefficient (Wildman–Crippen LogP) is -1.91. The molecule has 2 N–H and O–H groups in total. The van der Waals surface area contributed by atoms with Crippen LogP contribution in [0.4, 0.5) is 0 Å². The van der Waals surface area contributed by atoms with Crippen molar-refractivity contribution in [3.8, 4) is 11.1 Å². The van der Waals surface area contributed by atoms with Crippen molar-refractivity contribution in [2.24, 2.45) is 0 Å². The van der Waals surface area contributed by atoms with Crippen LogP contribution in [0.1, 0.15) is 24.0 Å². The number of carbonyl (C=O) groups is 2. The molecule has 0 heterocycles. The Morgan fingerprint density at radius 2 is 1.13 bits per heavy atom. The van der Waals surface area contributed by atoms with Crippen molar-refractivity contribution in [3.63, 3.8) is 0 Å². The van der Waals surface area contributed by atoms with E-state index in [-0.39, 0.29) is 22.9 Å². The summed E-state index contributed by atoms with van der Waals surface area (Å²) in [6, 6.07) is 8.93. The van der Waals surface area contributed by atoms with Crippen molar-refractivity contribution >= 4 is 32.0 Å². The lowest BCUT2D eigenvalue weighted by Crippen LogP contribution is -2.31. The molecule has 0 unspecified atom stereocenters. The highest BCUT2D eigenvalue weighted by Crippen LogP contribution is 2.38. The van der Waals surface area contributed by atoms with Crippen molar-refractivity contribution in [3.05, 3.63) is 47.5 Å². The van der Waals surface area contributed by atoms with E-state index < -0.39 is 44.8 Å². The Bertz CT molecular complexity index is 1160. The van der Waals surface area contributed by atoms with E-state index in [0.717, 1.165) is 11.1 Å². The number of aliphatic carboxylic acids is 2. The first-order valence-corrected chi connectivity index (χ1v) is 12.1. The van der Waals surface area contributed by atoms with Crippen LogP contribution in [0.15, 0.2) is 46.2 Å². The van der Waals surface area contributed by atoms with E-state index in [1.807, 2.05) is 0 Å². The van der Waals surface area contributed by atoms with Crippen molar-refractivity contribution in [2.75, 3.05) is 13.1 Å². The summed E-state index contributed by atoms with van der Waals surface area (Å²) >= 11 is 0. The predicted molar refractivity (Wildman–Crippen MR) is 104 cm³/mol. The topological polar surface area (TPSA) is 173 Å². The Balaban J connectivity index is 1.80. The summed E-state index contributed by atoms with van der Waals surface area (Å²) in [7, 11) is -7.83. The van der Waals surface area contributed by atoms with Gasteiger partial charge < -0.3 is 19.8 Å². The molecule has 1 aliphatic rings. The Kier molecular flexibility index (Phi) is 6.46. The average molecular weight is 466 g/mol. The fraction of sp³-hybridized carbons (Fsp3) is 0.263. The molecular formula is C19H18N2O8S2-2. The van der Waals surface area contributed by atoms with Crippen LogP contribution in [0.3, 0.4) is 0 Å². The second kappa shape index (κ2) is 8.75. The normalized spacial score (nSPS) is 12.9. The molecule has 0 aromatic heterocycles. The maximum atomic E-state index is 12.4. The summed E-state index contributed by atoms with van der Waals surface area (Å²) in [6.07, 6.45) is -0.608. The van der Waals surface area contributed by atoms with Gasteiger partial charge in [0.15, 0.2) is 0 Å². The number of carboxylic acid groups (broad SMARTS) is 2. The lowest BCUT2D eigenvalue weighted by molar-refractivity contribution is -0.306. The zero-order valence-electron chi connectivity index (χ0n) is 16.1. The lowest BCUT2D eigenvalue weighted by Gasteiger charge is -2.09. The Morgan fingerprint density at radius 3 is 1.48 bits per heavy atom. The van der Waals surface area contributed by atoms with Gasteiger partial charge in [0.25, 0.3) is 0 Å². The minimum Gasteiger partial charge on any atom is -0.550 e. The summed E-state index contributed by atoms with van der Waals surface area (Å²) in [4.78, 5) is 20.9. The highest BCUT2D eigenvalue weighted by atomic mass is 32.2. The maximum absolute atomic E-state index is 12.4. The minimum atomic E-state index is -3.91. The molecule has 31 heavy (non-hydrogen) atoms. The molecule has 0 aliphatic heterocycles. The van der Waals surface area contributed by atoms with E-state index in [9.17, 15) is 36.6 Å². The van der Waals surface area contributed by atoms with Crippen LogP contribution < -0.4 is 19.7 Å². The highest BCUT2D eigenvalue weighted by molar-refractivity contribution is 7.89. The van der Waals surface area contributed by atoms with Crippen LogP contribution >= 0.6 is 0 Å². The number of hydrogen-bond acceptors (Lipinski definition) is 8. The number of rotatable bonds is 10. The maximum Gasteiger partial charge on any atom is 0.240 e. The van der Waals surface area contributed by atoms with Crippen LogP contribution in [0.25, 0.3) is 11.1 Å². The number of nitrogens with one attached hydrogen (secondary N) is 2. The van der Waals surface area contributed by atoms with Gasteiger partial charge in [0.05, 0.1) is 9.79 Å². The van der Waals surface area contributed by atoms with E-state index in [1.165, 1.54) is 24.3 Å². The molecule has 0 spiro atoms. The Labute approximate surface area is 179 Å². The van der Waals surface area contributed by atoms with Gasteiger partial charge in [-0.15, -0.1) is 0 Å². The van der Waals surface area contributed by atoms with Crippen molar-refractivity contribution in [1.29, 1.82) is 0 Å². The first kappa shape index (κ1) is 22.9. The summed E-state index contributed by atoms with van der Waals surface area (Å²) < 4.78 is 53.8. The van der Waals surface area contributed by atoms with Crippen LogP contribution in [-0.2, 0) is 36.1 Å². The summed E-state index contributed by atoms with van der Waals surface area (Å²) in [5.41, 5.74) is 2.88. The van der Waals surface area contributed by atoms with E-state index in [0.29, 0.717) is 17.5 Å². The van der Waals surface area contributed by atoms with Gasteiger partial charge in [-0.25, -0.2) is 26.3 Å². The third kappa shape index (κ3) is 5.28. The number of hydrogen-bond donors (Lipinski definition) is 2. The zero-order chi connectivity index (χ0) is 22.8. The number of fused-ring (bicyclic) bond motifs is 3. The van der Waals surface area contributed by atoms with Gasteiger partial charge in [-0.2, -0.15) is 0 Å². The SMILES string of the molecule is O=C([O-])CCNS(=O)(=O)c1ccc2c(c1)Cc1cc(S(=O)(=O)NCCC(=O)[O-])ccc1-2. The smallest absolute Gasteiger partial charge is 0.240 e. The van der Waals surface area contributed by atoms with Crippen molar-refractivity contribution < 1.29 is 36.6 Å². The molecule has 1 aliphatic carbocycles. The molecule has 2 aromatic carbocycles. The second-order valence-corrected chi connectivity index (χ2v) is 10.4. The van der Waals surface area contributed by atoms with Gasteiger partial charge in [-0.3, -0.25) is 0 Å². The fourth-order valence-corrected chi connectivity index (χ4v) is 5.40. The summed E-state index contributed by atoms with van der Waals surface area (Å²) in [5.74, 6) is -2.74. The molecule has 0 saturated heterocycles. The number of carbonyl (C=O) groups excluding carboxylic acids is 2. The van der Waals surface area contributed by atoms with Crippen LogP contribution in [-0.4, -0.2) is 41.9 Å². The molecule has 3 rings (SSSR count). The third-order valence-electron chi connectivity index (χ3n) is 4.69. The van der Waals surface area contributed by atoms with Crippen LogP contribution in [0.5, 0.6) is 0 Å².